The van der Waals surface area contributed by atoms with Crippen LogP contribution in [0.2, 0.25) is 0 Å². The number of amides is 1. The van der Waals surface area contributed by atoms with Gasteiger partial charge in [0.1, 0.15) is 5.69 Å². The van der Waals surface area contributed by atoms with Crippen molar-refractivity contribution in [2.45, 2.75) is 25.3 Å². The lowest BCUT2D eigenvalue weighted by atomic mass is 10.1. The van der Waals surface area contributed by atoms with Crippen molar-refractivity contribution in [3.63, 3.8) is 0 Å². The second-order valence-corrected chi connectivity index (χ2v) is 4.48. The van der Waals surface area contributed by atoms with Crippen LogP contribution in [0.15, 0.2) is 18.3 Å². The van der Waals surface area contributed by atoms with Crippen molar-refractivity contribution in [3.8, 4) is 0 Å². The van der Waals surface area contributed by atoms with Crippen molar-refractivity contribution in [2.24, 2.45) is 11.7 Å². The van der Waals surface area contributed by atoms with E-state index in [-0.39, 0.29) is 18.2 Å². The number of hydrogen-bond donors (Lipinski definition) is 3. The first-order chi connectivity index (χ1) is 8.56. The highest BCUT2D eigenvalue weighted by molar-refractivity contribution is 5.91. The first-order valence-electron chi connectivity index (χ1n) is 5.80. The molecule has 4 N–H and O–H groups in total. The Labute approximate surface area is 104 Å². The smallest absolute Gasteiger partial charge is 0.305 e. The number of carbonyl (C=O) groups is 2. The van der Waals surface area contributed by atoms with Gasteiger partial charge in [-0.3, -0.25) is 14.6 Å². The number of anilines is 1. The van der Waals surface area contributed by atoms with Gasteiger partial charge in [-0.15, -0.1) is 0 Å². The van der Waals surface area contributed by atoms with Gasteiger partial charge in [-0.1, -0.05) is 0 Å². The molecule has 6 nitrogen and oxygen atoms in total. The molecule has 0 bridgehead atoms. The van der Waals surface area contributed by atoms with E-state index in [2.05, 4.69) is 10.3 Å². The molecule has 0 radical (unpaired) electrons. The van der Waals surface area contributed by atoms with Crippen molar-refractivity contribution >= 4 is 17.6 Å². The summed E-state index contributed by atoms with van der Waals surface area (Å²) < 4.78 is 0. The molecule has 1 saturated carbocycles. The lowest BCUT2D eigenvalue weighted by Crippen LogP contribution is -2.25. The molecule has 1 aliphatic rings. The van der Waals surface area contributed by atoms with Crippen LogP contribution in [0.25, 0.3) is 0 Å². The third kappa shape index (κ3) is 3.19. The third-order valence-corrected chi connectivity index (χ3v) is 2.95. The zero-order valence-corrected chi connectivity index (χ0v) is 9.80. The Hall–Kier alpha value is -2.11. The summed E-state index contributed by atoms with van der Waals surface area (Å²) in [6.45, 7) is 0. The molecule has 1 heterocycles. The number of aliphatic carboxylic acids is 1. The monoisotopic (exact) mass is 249 g/mol. The normalized spacial score (nSPS) is 16.0. The highest BCUT2D eigenvalue weighted by Gasteiger charge is 2.32. The molecule has 2 rings (SSSR count). The number of carboxylic acids is 1. The van der Waals surface area contributed by atoms with E-state index in [0.29, 0.717) is 11.6 Å². The predicted octanol–water partition coefficient (Wildman–Crippen LogP) is 0.846. The Balaban J connectivity index is 2.08. The summed E-state index contributed by atoms with van der Waals surface area (Å²) >= 11 is 0. The molecule has 0 aliphatic heterocycles. The first-order valence-corrected chi connectivity index (χ1v) is 5.80. The molecular weight excluding hydrogens is 234 g/mol. The Morgan fingerprint density at radius 1 is 1.56 bits per heavy atom. The molecule has 1 unspecified atom stereocenters. The van der Waals surface area contributed by atoms with Crippen LogP contribution < -0.4 is 11.1 Å². The molecule has 1 aliphatic carbocycles. The van der Waals surface area contributed by atoms with E-state index in [0.717, 1.165) is 12.8 Å². The number of carboxylic acid groups (broad SMARTS) is 1. The number of nitrogens with two attached hydrogens (primary N) is 1. The average molecular weight is 249 g/mol. The van der Waals surface area contributed by atoms with Crippen molar-refractivity contribution in [3.05, 3.63) is 24.0 Å². The quantitative estimate of drug-likeness (QED) is 0.693. The number of carbonyl (C=O) groups excluding carboxylic acids is 1. The third-order valence-electron chi connectivity index (χ3n) is 2.95. The topological polar surface area (TPSA) is 105 Å². The second kappa shape index (κ2) is 5.03. The number of nitrogens with zero attached hydrogens (tertiary/aromatic N) is 1. The van der Waals surface area contributed by atoms with Gasteiger partial charge in [0.2, 0.25) is 0 Å². The summed E-state index contributed by atoms with van der Waals surface area (Å²) in [7, 11) is 0. The summed E-state index contributed by atoms with van der Waals surface area (Å²) in [6, 6.07) is 3.13. The Kier molecular flexibility index (Phi) is 3.45. The fourth-order valence-electron chi connectivity index (χ4n) is 1.89. The molecule has 1 atom stereocenters. The molecule has 18 heavy (non-hydrogen) atoms. The summed E-state index contributed by atoms with van der Waals surface area (Å²) in [5.74, 6) is -1.03. The van der Waals surface area contributed by atoms with Crippen LogP contribution in [-0.2, 0) is 4.79 Å². The molecule has 1 aromatic rings. The number of hydrogen-bond acceptors (Lipinski definition) is 4. The van der Waals surface area contributed by atoms with Crippen LogP contribution in [-0.4, -0.2) is 28.0 Å². The summed E-state index contributed by atoms with van der Waals surface area (Å²) in [4.78, 5) is 25.6. The maximum Gasteiger partial charge on any atom is 0.305 e. The number of pyridine rings is 1. The lowest BCUT2D eigenvalue weighted by molar-refractivity contribution is -0.137. The summed E-state index contributed by atoms with van der Waals surface area (Å²) in [5.41, 5.74) is 5.99. The molecule has 0 aromatic carbocycles. The highest BCUT2D eigenvalue weighted by Crippen LogP contribution is 2.35. The maximum atomic E-state index is 11.0. The molecule has 0 saturated heterocycles. The van der Waals surface area contributed by atoms with Crippen molar-refractivity contribution in [1.29, 1.82) is 0 Å². The van der Waals surface area contributed by atoms with Crippen LogP contribution in [0, 0.1) is 5.92 Å². The van der Waals surface area contributed by atoms with Gasteiger partial charge < -0.3 is 16.2 Å². The SMILES string of the molecule is NC(=O)c1cc(NC(CC(=O)O)C2CC2)ccn1. The molecular formula is C12H15N3O3. The van der Waals surface area contributed by atoms with Gasteiger partial charge in [-0.2, -0.15) is 0 Å². The fraction of sp³-hybridized carbons (Fsp3) is 0.417. The van der Waals surface area contributed by atoms with E-state index in [9.17, 15) is 9.59 Å². The van der Waals surface area contributed by atoms with Gasteiger partial charge in [0, 0.05) is 17.9 Å². The minimum Gasteiger partial charge on any atom is -0.481 e. The van der Waals surface area contributed by atoms with E-state index in [4.69, 9.17) is 10.8 Å². The zero-order valence-electron chi connectivity index (χ0n) is 9.80. The largest absolute Gasteiger partial charge is 0.481 e. The van der Waals surface area contributed by atoms with E-state index in [1.807, 2.05) is 0 Å². The molecule has 1 fully saturated rings. The molecule has 1 aromatic heterocycles. The Morgan fingerprint density at radius 2 is 2.28 bits per heavy atom. The van der Waals surface area contributed by atoms with Crippen molar-refractivity contribution in [1.82, 2.24) is 4.98 Å². The number of rotatable bonds is 6. The summed E-state index contributed by atoms with van der Waals surface area (Å²) in [6.07, 6.45) is 3.63. The van der Waals surface area contributed by atoms with Gasteiger partial charge in [0.15, 0.2) is 0 Å². The molecule has 96 valence electrons. The van der Waals surface area contributed by atoms with Gasteiger partial charge in [-0.25, -0.2) is 0 Å². The van der Waals surface area contributed by atoms with E-state index in [1.165, 1.54) is 6.20 Å². The Morgan fingerprint density at radius 3 is 2.83 bits per heavy atom. The van der Waals surface area contributed by atoms with Gasteiger partial charge >= 0.3 is 5.97 Å². The maximum absolute atomic E-state index is 11.0. The predicted molar refractivity (Wildman–Crippen MR) is 65.1 cm³/mol. The first kappa shape index (κ1) is 12.3. The number of aromatic nitrogens is 1. The highest BCUT2D eigenvalue weighted by atomic mass is 16.4. The van der Waals surface area contributed by atoms with Crippen LogP contribution >= 0.6 is 0 Å². The van der Waals surface area contributed by atoms with Crippen molar-refractivity contribution in [2.75, 3.05) is 5.32 Å². The van der Waals surface area contributed by atoms with Crippen LogP contribution in [0.5, 0.6) is 0 Å². The fourth-order valence-corrected chi connectivity index (χ4v) is 1.89. The van der Waals surface area contributed by atoms with Crippen LogP contribution in [0.1, 0.15) is 29.8 Å². The standard InChI is InChI=1S/C12H15N3O3/c13-12(18)10-5-8(3-4-14-10)15-9(6-11(16)17)7-1-2-7/h3-5,7,9H,1-2,6H2,(H2,13,18)(H,14,15)(H,16,17). The van der Waals surface area contributed by atoms with Gasteiger partial charge in [-0.05, 0) is 30.9 Å². The van der Waals surface area contributed by atoms with Gasteiger partial charge in [0.05, 0.1) is 6.42 Å². The zero-order chi connectivity index (χ0) is 13.1. The van der Waals surface area contributed by atoms with E-state index in [1.54, 1.807) is 12.1 Å². The van der Waals surface area contributed by atoms with Crippen LogP contribution in [0.3, 0.4) is 0 Å². The second-order valence-electron chi connectivity index (χ2n) is 4.48. The van der Waals surface area contributed by atoms with Crippen molar-refractivity contribution < 1.29 is 14.7 Å². The van der Waals surface area contributed by atoms with E-state index < -0.39 is 11.9 Å². The van der Waals surface area contributed by atoms with Gasteiger partial charge in [0.25, 0.3) is 5.91 Å². The number of primary amides is 1. The average Bonchev–Trinajstić information content (AvgIpc) is 3.11. The number of nitrogens with one attached hydrogen (secondary N) is 1. The molecule has 0 spiro atoms. The van der Waals surface area contributed by atoms with E-state index >= 15 is 0 Å². The molecule has 1 amide bonds. The summed E-state index contributed by atoms with van der Waals surface area (Å²) in [5, 5.41) is 12.0. The molecule has 6 heteroatoms. The van der Waals surface area contributed by atoms with Crippen LogP contribution in [0.4, 0.5) is 5.69 Å². The minimum atomic E-state index is -0.830. The minimum absolute atomic E-state index is 0.0683. The Bertz CT molecular complexity index is 471. The lowest BCUT2D eigenvalue weighted by Gasteiger charge is -2.17.